The van der Waals surface area contributed by atoms with Gasteiger partial charge in [-0.1, -0.05) is 36.4 Å². The number of nitrogens with zero attached hydrogens (tertiary/aromatic N) is 1. The summed E-state index contributed by atoms with van der Waals surface area (Å²) < 4.78 is 23.7. The number of fused-ring (bicyclic) bond motifs is 1. The first-order chi connectivity index (χ1) is 24.1. The van der Waals surface area contributed by atoms with Gasteiger partial charge in [-0.15, -0.1) is 0 Å². The van der Waals surface area contributed by atoms with Crippen LogP contribution in [0.25, 0.3) is 10.9 Å². The van der Waals surface area contributed by atoms with E-state index >= 15 is 0 Å². The van der Waals surface area contributed by atoms with Gasteiger partial charge >= 0.3 is 5.97 Å². The van der Waals surface area contributed by atoms with Gasteiger partial charge in [0.1, 0.15) is 17.6 Å². The Morgan fingerprint density at radius 2 is 1.61 bits per heavy atom. The van der Waals surface area contributed by atoms with Crippen LogP contribution in [-0.4, -0.2) is 43.2 Å². The van der Waals surface area contributed by atoms with Crippen molar-refractivity contribution in [3.63, 3.8) is 0 Å². The Labute approximate surface area is 286 Å². The minimum atomic E-state index is -0.174. The van der Waals surface area contributed by atoms with Crippen LogP contribution >= 0.6 is 0 Å². The summed E-state index contributed by atoms with van der Waals surface area (Å²) in [5, 5.41) is 7.15. The number of esters is 1. The number of methoxy groups -OCH3 is 1. The van der Waals surface area contributed by atoms with Crippen LogP contribution in [0.15, 0.2) is 103 Å². The van der Waals surface area contributed by atoms with Crippen LogP contribution in [0.5, 0.6) is 23.0 Å². The van der Waals surface area contributed by atoms with Gasteiger partial charge in [0.05, 0.1) is 25.7 Å². The fourth-order valence-electron chi connectivity index (χ4n) is 5.88. The fourth-order valence-corrected chi connectivity index (χ4v) is 5.88. The molecule has 1 fully saturated rings. The number of hydrogen-bond acceptors (Lipinski definition) is 8. The number of amides is 1. The number of aromatic nitrogens is 1. The molecule has 1 saturated carbocycles. The lowest BCUT2D eigenvalue weighted by Crippen LogP contribution is -2.17. The Hall–Kier alpha value is -5.57. The van der Waals surface area contributed by atoms with E-state index < -0.39 is 0 Å². The molecule has 0 unspecified atom stereocenters. The van der Waals surface area contributed by atoms with Gasteiger partial charge in [0, 0.05) is 41.1 Å². The Morgan fingerprint density at radius 3 is 2.41 bits per heavy atom. The summed E-state index contributed by atoms with van der Waals surface area (Å²) in [5.41, 5.74) is 3.87. The third-order valence-electron chi connectivity index (χ3n) is 8.46. The van der Waals surface area contributed by atoms with Crippen molar-refractivity contribution in [3.05, 3.63) is 114 Å². The summed E-state index contributed by atoms with van der Waals surface area (Å²) in [7, 11) is 1.61. The average molecular weight is 660 g/mol. The second-order valence-electron chi connectivity index (χ2n) is 12.0. The highest BCUT2D eigenvalue weighted by atomic mass is 16.5. The second kappa shape index (κ2) is 16.5. The third-order valence-corrected chi connectivity index (χ3v) is 8.46. The average Bonchev–Trinajstić information content (AvgIpc) is 3.64. The number of nitrogens with one attached hydrogen (secondary N) is 2. The molecule has 1 aliphatic carbocycles. The first kappa shape index (κ1) is 33.3. The number of hydrogen-bond donors (Lipinski definition) is 2. The number of anilines is 2. The van der Waals surface area contributed by atoms with Crippen LogP contribution in [0.2, 0.25) is 0 Å². The SMILES string of the molecule is COc1cc2c(Oc3ccc(NC(=O)c4ccccc4)cc3)ccnc2cc1OCCCCNc1ccccc1CC(=O)OC1CCCC1. The molecule has 4 aromatic carbocycles. The largest absolute Gasteiger partial charge is 0.493 e. The monoisotopic (exact) mass is 659 g/mol. The van der Waals surface area contributed by atoms with Crippen LogP contribution in [0.1, 0.15) is 54.4 Å². The van der Waals surface area contributed by atoms with Crippen LogP contribution in [0, 0.1) is 0 Å². The van der Waals surface area contributed by atoms with E-state index in [4.69, 9.17) is 18.9 Å². The number of para-hydroxylation sites is 1. The Kier molecular flexibility index (Phi) is 11.2. The minimum Gasteiger partial charge on any atom is -0.493 e. The highest BCUT2D eigenvalue weighted by molar-refractivity contribution is 6.04. The smallest absolute Gasteiger partial charge is 0.310 e. The Morgan fingerprint density at radius 1 is 0.837 bits per heavy atom. The maximum atomic E-state index is 12.5. The lowest BCUT2D eigenvalue weighted by Gasteiger charge is -2.15. The molecule has 1 aromatic heterocycles. The number of carbonyl (C=O) groups is 2. The summed E-state index contributed by atoms with van der Waals surface area (Å²) in [6.45, 7) is 1.25. The van der Waals surface area contributed by atoms with E-state index in [0.29, 0.717) is 46.4 Å². The molecular weight excluding hydrogens is 618 g/mol. The van der Waals surface area contributed by atoms with Crippen molar-refractivity contribution in [1.82, 2.24) is 4.98 Å². The van der Waals surface area contributed by atoms with Gasteiger partial charge in [0.15, 0.2) is 11.5 Å². The summed E-state index contributed by atoms with van der Waals surface area (Å²) in [6, 6.07) is 29.7. The highest BCUT2D eigenvalue weighted by Gasteiger charge is 2.20. The van der Waals surface area contributed by atoms with E-state index in [1.165, 1.54) is 0 Å². The molecule has 5 aromatic rings. The number of rotatable bonds is 15. The van der Waals surface area contributed by atoms with Crippen molar-refractivity contribution in [1.29, 1.82) is 0 Å². The lowest BCUT2D eigenvalue weighted by molar-refractivity contribution is -0.147. The van der Waals surface area contributed by atoms with Gasteiger partial charge in [-0.2, -0.15) is 0 Å². The molecule has 9 heteroatoms. The first-order valence-electron chi connectivity index (χ1n) is 16.8. The van der Waals surface area contributed by atoms with Crippen molar-refractivity contribution < 1.29 is 28.5 Å². The van der Waals surface area contributed by atoms with Crippen LogP contribution in [0.4, 0.5) is 11.4 Å². The maximum absolute atomic E-state index is 12.5. The van der Waals surface area contributed by atoms with E-state index in [1.54, 1.807) is 55.8 Å². The summed E-state index contributed by atoms with van der Waals surface area (Å²) >= 11 is 0. The Balaban J connectivity index is 1.00. The zero-order valence-corrected chi connectivity index (χ0v) is 27.7. The molecule has 0 spiro atoms. The standard InChI is InChI=1S/C40H41N3O6/c1-46-37-26-33-35(42-23-21-36(33)48-32-19-17-30(18-20-32)43-40(45)28-11-3-2-4-12-28)27-38(37)47-24-10-9-22-41-34-16-8-5-13-29(34)25-39(44)49-31-14-6-7-15-31/h2-5,8,11-13,16-21,23,26-27,31,41H,6-7,9-10,14-15,22,24-25H2,1H3,(H,43,45). The van der Waals surface area contributed by atoms with E-state index in [2.05, 4.69) is 15.6 Å². The molecular formula is C40H41N3O6. The van der Waals surface area contributed by atoms with E-state index in [9.17, 15) is 9.59 Å². The zero-order chi connectivity index (χ0) is 33.8. The van der Waals surface area contributed by atoms with Gasteiger partial charge in [0.2, 0.25) is 0 Å². The third kappa shape index (κ3) is 9.07. The van der Waals surface area contributed by atoms with E-state index in [1.807, 2.05) is 54.6 Å². The molecule has 9 nitrogen and oxygen atoms in total. The summed E-state index contributed by atoms with van der Waals surface area (Å²) in [4.78, 5) is 29.5. The van der Waals surface area contributed by atoms with Crippen molar-refractivity contribution in [2.75, 3.05) is 30.9 Å². The molecule has 1 aliphatic rings. The predicted octanol–water partition coefficient (Wildman–Crippen LogP) is 8.59. The van der Waals surface area contributed by atoms with Crippen molar-refractivity contribution in [3.8, 4) is 23.0 Å². The molecule has 2 N–H and O–H groups in total. The molecule has 49 heavy (non-hydrogen) atoms. The fraction of sp³-hybridized carbons (Fsp3) is 0.275. The van der Waals surface area contributed by atoms with Crippen molar-refractivity contribution >= 4 is 34.2 Å². The normalized spacial score (nSPS) is 12.8. The zero-order valence-electron chi connectivity index (χ0n) is 27.7. The van der Waals surface area contributed by atoms with Gasteiger partial charge < -0.3 is 29.6 Å². The number of pyridine rings is 1. The molecule has 1 amide bonds. The van der Waals surface area contributed by atoms with E-state index in [-0.39, 0.29) is 24.4 Å². The first-order valence-corrected chi connectivity index (χ1v) is 16.8. The summed E-state index contributed by atoms with van der Waals surface area (Å²) in [5.74, 6) is 2.09. The molecule has 0 aliphatic heterocycles. The number of unbranched alkanes of at least 4 members (excludes halogenated alkanes) is 1. The molecule has 0 atom stereocenters. The number of ether oxygens (including phenoxy) is 4. The highest BCUT2D eigenvalue weighted by Crippen LogP contribution is 2.37. The van der Waals surface area contributed by atoms with E-state index in [0.717, 1.165) is 61.7 Å². The number of benzene rings is 4. The molecule has 0 saturated heterocycles. The van der Waals surface area contributed by atoms with Crippen LogP contribution in [0.3, 0.4) is 0 Å². The van der Waals surface area contributed by atoms with Gasteiger partial charge in [0.25, 0.3) is 5.91 Å². The lowest BCUT2D eigenvalue weighted by atomic mass is 10.1. The predicted molar refractivity (Wildman–Crippen MR) is 191 cm³/mol. The molecule has 0 bridgehead atoms. The second-order valence-corrected chi connectivity index (χ2v) is 12.0. The topological polar surface area (TPSA) is 108 Å². The van der Waals surface area contributed by atoms with Crippen LogP contribution in [-0.2, 0) is 16.0 Å². The molecule has 0 radical (unpaired) electrons. The van der Waals surface area contributed by atoms with Gasteiger partial charge in [-0.05, 0) is 98.7 Å². The van der Waals surface area contributed by atoms with Crippen LogP contribution < -0.4 is 24.8 Å². The molecule has 252 valence electrons. The van der Waals surface area contributed by atoms with Crippen molar-refractivity contribution in [2.24, 2.45) is 0 Å². The molecule has 1 heterocycles. The van der Waals surface area contributed by atoms with Gasteiger partial charge in [-0.3, -0.25) is 14.6 Å². The maximum Gasteiger partial charge on any atom is 0.310 e. The molecule has 6 rings (SSSR count). The quantitative estimate of drug-likeness (QED) is 0.0850. The van der Waals surface area contributed by atoms with Crippen molar-refractivity contribution in [2.45, 2.75) is 51.0 Å². The summed E-state index contributed by atoms with van der Waals surface area (Å²) in [6.07, 6.45) is 7.95. The van der Waals surface area contributed by atoms with Gasteiger partial charge in [-0.25, -0.2) is 0 Å². The number of carbonyl (C=O) groups excluding carboxylic acids is 2. The Bertz CT molecular complexity index is 1860. The minimum absolute atomic E-state index is 0.0756.